The molecule has 1 heterocycles. The molecule has 0 aliphatic carbocycles. The molecule has 5 nitrogen and oxygen atoms in total. The largest absolute Gasteiger partial charge is 0.483 e. The number of para-hydroxylation sites is 1. The van der Waals surface area contributed by atoms with Crippen LogP contribution in [0.25, 0.3) is 0 Å². The van der Waals surface area contributed by atoms with Gasteiger partial charge in [0.2, 0.25) is 0 Å². The lowest BCUT2D eigenvalue weighted by Crippen LogP contribution is -2.32. The third-order valence-electron chi connectivity index (χ3n) is 3.55. The van der Waals surface area contributed by atoms with Gasteiger partial charge in [0.1, 0.15) is 5.75 Å². The van der Waals surface area contributed by atoms with E-state index in [0.29, 0.717) is 12.1 Å². The third-order valence-corrected chi connectivity index (χ3v) is 3.55. The number of amides is 1. The average Bonchev–Trinajstić information content (AvgIpc) is 2.74. The predicted molar refractivity (Wildman–Crippen MR) is 80.9 cm³/mol. The zero-order chi connectivity index (χ0) is 15.5. The van der Waals surface area contributed by atoms with Gasteiger partial charge in [-0.25, -0.2) is 4.79 Å². The van der Waals surface area contributed by atoms with E-state index in [1.165, 1.54) is 7.11 Å². The maximum absolute atomic E-state index is 12.3. The van der Waals surface area contributed by atoms with Gasteiger partial charge in [-0.1, -0.05) is 18.2 Å². The summed E-state index contributed by atoms with van der Waals surface area (Å²) in [6.45, 7) is 0.433. The summed E-state index contributed by atoms with van der Waals surface area (Å²) < 4.78 is 10.2. The highest BCUT2D eigenvalue weighted by atomic mass is 16.5. The lowest BCUT2D eigenvalue weighted by atomic mass is 10.1. The van der Waals surface area contributed by atoms with Crippen LogP contribution in [0, 0.1) is 0 Å². The van der Waals surface area contributed by atoms with Crippen LogP contribution in [0.4, 0.5) is 5.69 Å². The standard InChI is InChI=1S/C17H15NO4/c1-21-17(20)12-6-8-14(9-7-12)18-10-13-4-2-3-5-15(13)22-11-16(18)19/h2-9H,10-11H2,1H3. The zero-order valence-electron chi connectivity index (χ0n) is 12.1. The summed E-state index contributed by atoms with van der Waals surface area (Å²) in [5.41, 5.74) is 2.12. The molecule has 5 heteroatoms. The zero-order valence-corrected chi connectivity index (χ0v) is 12.1. The molecule has 0 spiro atoms. The van der Waals surface area contributed by atoms with Gasteiger partial charge in [-0.3, -0.25) is 4.79 Å². The third kappa shape index (κ3) is 2.65. The minimum Gasteiger partial charge on any atom is -0.483 e. The summed E-state index contributed by atoms with van der Waals surface area (Å²) in [7, 11) is 1.34. The monoisotopic (exact) mass is 297 g/mol. The fourth-order valence-corrected chi connectivity index (χ4v) is 2.38. The van der Waals surface area contributed by atoms with Crippen LogP contribution >= 0.6 is 0 Å². The summed E-state index contributed by atoms with van der Waals surface area (Å²) in [6, 6.07) is 14.3. The summed E-state index contributed by atoms with van der Waals surface area (Å²) >= 11 is 0. The second-order valence-electron chi connectivity index (χ2n) is 4.91. The number of carbonyl (C=O) groups is 2. The Morgan fingerprint density at radius 3 is 2.59 bits per heavy atom. The van der Waals surface area contributed by atoms with Gasteiger partial charge in [0.05, 0.1) is 19.2 Å². The summed E-state index contributed by atoms with van der Waals surface area (Å²) in [6.07, 6.45) is 0. The van der Waals surface area contributed by atoms with Crippen LogP contribution in [-0.2, 0) is 16.1 Å². The van der Waals surface area contributed by atoms with E-state index >= 15 is 0 Å². The normalized spacial score (nSPS) is 13.9. The maximum atomic E-state index is 12.3. The van der Waals surface area contributed by atoms with Crippen LogP contribution in [0.3, 0.4) is 0 Å². The first kappa shape index (κ1) is 14.1. The molecule has 0 bridgehead atoms. The van der Waals surface area contributed by atoms with Crippen LogP contribution in [0.15, 0.2) is 48.5 Å². The van der Waals surface area contributed by atoms with E-state index in [9.17, 15) is 9.59 Å². The molecule has 1 amide bonds. The first-order valence-corrected chi connectivity index (χ1v) is 6.88. The quantitative estimate of drug-likeness (QED) is 0.799. The maximum Gasteiger partial charge on any atom is 0.337 e. The van der Waals surface area contributed by atoms with Crippen molar-refractivity contribution in [2.24, 2.45) is 0 Å². The molecular formula is C17H15NO4. The van der Waals surface area contributed by atoms with Gasteiger partial charge in [0, 0.05) is 11.3 Å². The molecule has 2 aromatic rings. The van der Waals surface area contributed by atoms with Crippen molar-refractivity contribution in [3.63, 3.8) is 0 Å². The lowest BCUT2D eigenvalue weighted by molar-refractivity contribution is -0.120. The molecule has 0 unspecified atom stereocenters. The SMILES string of the molecule is COC(=O)c1ccc(N2Cc3ccccc3OCC2=O)cc1. The summed E-state index contributed by atoms with van der Waals surface area (Å²) in [5, 5.41) is 0. The Morgan fingerprint density at radius 1 is 1.14 bits per heavy atom. The Labute approximate surface area is 128 Å². The Morgan fingerprint density at radius 2 is 1.86 bits per heavy atom. The van der Waals surface area contributed by atoms with E-state index in [4.69, 9.17) is 4.74 Å². The van der Waals surface area contributed by atoms with Crippen molar-refractivity contribution < 1.29 is 19.1 Å². The lowest BCUT2D eigenvalue weighted by Gasteiger charge is -2.20. The van der Waals surface area contributed by atoms with Crippen LogP contribution in [0.2, 0.25) is 0 Å². The molecule has 2 aromatic carbocycles. The van der Waals surface area contributed by atoms with Crippen LogP contribution in [-0.4, -0.2) is 25.6 Å². The minimum atomic E-state index is -0.401. The topological polar surface area (TPSA) is 55.8 Å². The van der Waals surface area contributed by atoms with Crippen LogP contribution in [0.5, 0.6) is 5.75 Å². The van der Waals surface area contributed by atoms with Gasteiger partial charge in [0.25, 0.3) is 5.91 Å². The Bertz CT molecular complexity index is 709. The van der Waals surface area contributed by atoms with Crippen molar-refractivity contribution >= 4 is 17.6 Å². The molecule has 0 atom stereocenters. The van der Waals surface area contributed by atoms with E-state index in [-0.39, 0.29) is 12.5 Å². The number of carbonyl (C=O) groups excluding carboxylic acids is 2. The smallest absolute Gasteiger partial charge is 0.337 e. The molecule has 0 N–H and O–H groups in total. The number of hydrogen-bond donors (Lipinski definition) is 0. The number of esters is 1. The van der Waals surface area contributed by atoms with Gasteiger partial charge in [-0.15, -0.1) is 0 Å². The van der Waals surface area contributed by atoms with Gasteiger partial charge < -0.3 is 14.4 Å². The Hall–Kier alpha value is -2.82. The predicted octanol–water partition coefficient (Wildman–Crippen LogP) is 2.40. The van der Waals surface area contributed by atoms with E-state index in [0.717, 1.165) is 17.0 Å². The number of methoxy groups -OCH3 is 1. The van der Waals surface area contributed by atoms with Crippen molar-refractivity contribution in [2.45, 2.75) is 6.54 Å². The van der Waals surface area contributed by atoms with Crippen molar-refractivity contribution in [3.05, 3.63) is 59.7 Å². The number of fused-ring (bicyclic) bond motifs is 1. The Kier molecular flexibility index (Phi) is 3.78. The van der Waals surface area contributed by atoms with Crippen molar-refractivity contribution in [1.29, 1.82) is 0 Å². The molecule has 22 heavy (non-hydrogen) atoms. The molecule has 1 aliphatic heterocycles. The van der Waals surface area contributed by atoms with Crippen molar-refractivity contribution in [2.75, 3.05) is 18.6 Å². The summed E-state index contributed by atoms with van der Waals surface area (Å²) in [4.78, 5) is 25.4. The van der Waals surface area contributed by atoms with Gasteiger partial charge >= 0.3 is 5.97 Å². The molecule has 1 aliphatic rings. The average molecular weight is 297 g/mol. The second-order valence-corrected chi connectivity index (χ2v) is 4.91. The number of anilines is 1. The molecule has 0 radical (unpaired) electrons. The Balaban J connectivity index is 1.90. The first-order chi connectivity index (χ1) is 10.7. The van der Waals surface area contributed by atoms with Crippen LogP contribution < -0.4 is 9.64 Å². The van der Waals surface area contributed by atoms with Crippen molar-refractivity contribution in [3.8, 4) is 5.75 Å². The van der Waals surface area contributed by atoms with Crippen LogP contribution in [0.1, 0.15) is 15.9 Å². The number of benzene rings is 2. The van der Waals surface area contributed by atoms with E-state index in [2.05, 4.69) is 4.74 Å². The fourth-order valence-electron chi connectivity index (χ4n) is 2.38. The van der Waals surface area contributed by atoms with Crippen molar-refractivity contribution in [1.82, 2.24) is 0 Å². The molecule has 0 fully saturated rings. The fraction of sp³-hybridized carbons (Fsp3) is 0.176. The van der Waals surface area contributed by atoms with Gasteiger partial charge in [0.15, 0.2) is 6.61 Å². The number of nitrogens with zero attached hydrogens (tertiary/aromatic N) is 1. The molecule has 3 rings (SSSR count). The minimum absolute atomic E-state index is 0.00420. The highest BCUT2D eigenvalue weighted by Gasteiger charge is 2.22. The first-order valence-electron chi connectivity index (χ1n) is 6.88. The van der Waals surface area contributed by atoms with E-state index in [1.807, 2.05) is 24.3 Å². The van der Waals surface area contributed by atoms with Gasteiger partial charge in [-0.05, 0) is 30.3 Å². The molecule has 0 saturated carbocycles. The summed E-state index contributed by atoms with van der Waals surface area (Å²) in [5.74, 6) is 0.203. The number of hydrogen-bond acceptors (Lipinski definition) is 4. The van der Waals surface area contributed by atoms with E-state index < -0.39 is 5.97 Å². The molecule has 0 aromatic heterocycles. The number of ether oxygens (including phenoxy) is 2. The number of rotatable bonds is 2. The second kappa shape index (κ2) is 5.89. The highest BCUT2D eigenvalue weighted by molar-refractivity contribution is 5.96. The van der Waals surface area contributed by atoms with Gasteiger partial charge in [-0.2, -0.15) is 0 Å². The molecule has 0 saturated heterocycles. The molecule has 112 valence electrons. The highest BCUT2D eigenvalue weighted by Crippen LogP contribution is 2.26. The molecular weight excluding hydrogens is 282 g/mol. The van der Waals surface area contributed by atoms with E-state index in [1.54, 1.807) is 29.2 Å².